The highest BCUT2D eigenvalue weighted by molar-refractivity contribution is 6.06. The lowest BCUT2D eigenvalue weighted by Crippen LogP contribution is -2.25. The number of aryl methyl sites for hydroxylation is 1. The predicted octanol–water partition coefficient (Wildman–Crippen LogP) is 3.46. The van der Waals surface area contributed by atoms with Crippen molar-refractivity contribution in [2.75, 3.05) is 0 Å². The summed E-state index contributed by atoms with van der Waals surface area (Å²) < 4.78 is 5.22. The molecule has 2 aromatic heterocycles. The highest BCUT2D eigenvalue weighted by atomic mass is 16.7. The third-order valence-electron chi connectivity index (χ3n) is 4.57. The third kappa shape index (κ3) is 5.35. The van der Waals surface area contributed by atoms with E-state index in [-0.39, 0.29) is 29.9 Å². The molecule has 0 amide bonds. The number of esters is 1. The first-order valence-corrected chi connectivity index (χ1v) is 10.1. The maximum atomic E-state index is 12.5. The van der Waals surface area contributed by atoms with Crippen LogP contribution in [0.25, 0.3) is 22.0 Å². The van der Waals surface area contributed by atoms with Crippen LogP contribution in [0.5, 0.6) is 0 Å². The van der Waals surface area contributed by atoms with Crippen molar-refractivity contribution in [3.05, 3.63) is 41.6 Å². The number of carbonyl (C=O) groups is 3. The van der Waals surface area contributed by atoms with Crippen molar-refractivity contribution < 1.29 is 24.0 Å². The highest BCUT2D eigenvalue weighted by Crippen LogP contribution is 2.30. The van der Waals surface area contributed by atoms with Crippen LogP contribution in [0.4, 0.5) is 0 Å². The molecule has 0 radical (unpaired) electrons. The van der Waals surface area contributed by atoms with Crippen LogP contribution in [0.15, 0.2) is 24.5 Å². The van der Waals surface area contributed by atoms with Crippen molar-refractivity contribution in [2.45, 2.75) is 54.6 Å². The van der Waals surface area contributed by atoms with Gasteiger partial charge in [-0.25, -0.2) is 14.8 Å². The van der Waals surface area contributed by atoms with Gasteiger partial charge in [0.05, 0.1) is 6.42 Å². The Morgan fingerprint density at radius 2 is 1.69 bits per heavy atom. The molecule has 0 bridgehead atoms. The molecule has 168 valence electrons. The summed E-state index contributed by atoms with van der Waals surface area (Å²) in [7, 11) is 0. The number of carbonyl (C=O) groups excluding carboxylic acids is 3. The van der Waals surface area contributed by atoms with Crippen LogP contribution in [0.3, 0.4) is 0 Å². The average molecular weight is 438 g/mol. The molecule has 0 atom stereocenters. The van der Waals surface area contributed by atoms with Crippen LogP contribution in [0.2, 0.25) is 0 Å². The minimum absolute atomic E-state index is 0.0910. The van der Waals surface area contributed by atoms with Gasteiger partial charge in [0.15, 0.2) is 5.78 Å². The van der Waals surface area contributed by atoms with Gasteiger partial charge in [-0.3, -0.25) is 9.59 Å². The molecule has 0 unspecified atom stereocenters. The van der Waals surface area contributed by atoms with Crippen molar-refractivity contribution in [2.24, 2.45) is 5.41 Å². The molecular weight excluding hydrogens is 412 g/mol. The first-order chi connectivity index (χ1) is 14.9. The van der Waals surface area contributed by atoms with E-state index in [9.17, 15) is 14.4 Å². The van der Waals surface area contributed by atoms with E-state index in [0.717, 1.165) is 4.85 Å². The summed E-state index contributed by atoms with van der Waals surface area (Å²) in [5.74, 6) is -0.634. The van der Waals surface area contributed by atoms with Crippen molar-refractivity contribution >= 4 is 28.6 Å². The molecule has 0 saturated carbocycles. The van der Waals surface area contributed by atoms with Gasteiger partial charge in [-0.05, 0) is 30.0 Å². The van der Waals surface area contributed by atoms with E-state index in [1.54, 1.807) is 31.5 Å². The van der Waals surface area contributed by atoms with Gasteiger partial charge in [0.1, 0.15) is 23.6 Å². The van der Waals surface area contributed by atoms with Gasteiger partial charge in [-0.2, -0.15) is 0 Å². The Hall–Kier alpha value is -3.62. The van der Waals surface area contributed by atoms with Gasteiger partial charge in [-0.1, -0.05) is 25.6 Å². The molecule has 0 aliphatic heterocycles. The second-order valence-corrected chi connectivity index (χ2v) is 8.81. The Morgan fingerprint density at radius 1 is 1.03 bits per heavy atom. The summed E-state index contributed by atoms with van der Waals surface area (Å²) in [5, 5.41) is 4.72. The summed E-state index contributed by atoms with van der Waals surface area (Å²) in [6, 6.07) is 3.54. The minimum Gasteiger partial charge on any atom is -0.461 e. The van der Waals surface area contributed by atoms with Gasteiger partial charge in [0.25, 0.3) is 0 Å². The minimum atomic E-state index is -0.494. The zero-order valence-corrected chi connectivity index (χ0v) is 19.1. The van der Waals surface area contributed by atoms with E-state index < -0.39 is 11.9 Å². The Kier molecular flexibility index (Phi) is 6.38. The molecule has 2 heterocycles. The molecule has 0 fully saturated rings. The number of hydrogen-bond donors (Lipinski definition) is 0. The number of Topliss-reactive ketones (excluding diaryl/α,β-unsaturated/α-hetero) is 1. The van der Waals surface area contributed by atoms with Crippen molar-refractivity contribution in [1.29, 1.82) is 0 Å². The van der Waals surface area contributed by atoms with Gasteiger partial charge < -0.3 is 9.57 Å². The van der Waals surface area contributed by atoms with E-state index in [1.165, 1.54) is 13.8 Å². The quantitative estimate of drug-likeness (QED) is 0.425. The van der Waals surface area contributed by atoms with Gasteiger partial charge >= 0.3 is 11.9 Å². The predicted molar refractivity (Wildman–Crippen MR) is 117 cm³/mol. The standard InChI is InChI=1S/C23H26N4O5/c1-13(28)21-19-8-16(18-10-24-14(2)25-11-18)7-17(12-31-15(3)29)22(19)27(26-21)32-20(30)9-23(4,5)6/h7-8,10-11H,9,12H2,1-6H3. The zero-order chi connectivity index (χ0) is 23.6. The van der Waals surface area contributed by atoms with E-state index >= 15 is 0 Å². The number of ether oxygens (including phenoxy) is 1. The summed E-state index contributed by atoms with van der Waals surface area (Å²) in [5.41, 5.74) is 2.19. The fraction of sp³-hybridized carbons (Fsp3) is 0.391. The SMILES string of the molecule is CC(=O)OCc1cc(-c2cnc(C)nc2)cc2c(C(C)=O)nn(OC(=O)CC(C)(C)C)c12. The molecular formula is C23H26N4O5. The summed E-state index contributed by atoms with van der Waals surface area (Å²) in [6.45, 7) is 10.1. The number of ketones is 1. The van der Waals surface area contributed by atoms with E-state index in [2.05, 4.69) is 15.1 Å². The molecule has 9 nitrogen and oxygen atoms in total. The molecule has 0 aliphatic rings. The van der Waals surface area contributed by atoms with Gasteiger partial charge in [0, 0.05) is 42.8 Å². The highest BCUT2D eigenvalue weighted by Gasteiger charge is 2.24. The number of aromatic nitrogens is 4. The summed E-state index contributed by atoms with van der Waals surface area (Å²) in [6.07, 6.45) is 3.49. The number of nitrogens with zero attached hydrogens (tertiary/aromatic N) is 4. The number of hydrogen-bond acceptors (Lipinski definition) is 8. The largest absolute Gasteiger partial charge is 0.461 e. The maximum Gasteiger partial charge on any atom is 0.335 e. The second-order valence-electron chi connectivity index (χ2n) is 8.81. The lowest BCUT2D eigenvalue weighted by atomic mass is 9.93. The molecule has 1 aromatic carbocycles. The van der Waals surface area contributed by atoms with E-state index in [0.29, 0.717) is 33.4 Å². The Bertz CT molecular complexity index is 1190. The first-order valence-electron chi connectivity index (χ1n) is 10.1. The average Bonchev–Trinajstić information content (AvgIpc) is 3.03. The fourth-order valence-electron chi connectivity index (χ4n) is 3.18. The molecule has 32 heavy (non-hydrogen) atoms. The Balaban J connectivity index is 2.19. The van der Waals surface area contributed by atoms with Crippen LogP contribution >= 0.6 is 0 Å². The van der Waals surface area contributed by atoms with Gasteiger partial charge in [0.2, 0.25) is 0 Å². The third-order valence-corrected chi connectivity index (χ3v) is 4.57. The first kappa shape index (κ1) is 23.1. The molecule has 3 rings (SSSR count). The second kappa shape index (κ2) is 8.86. The molecule has 0 spiro atoms. The molecule has 0 aliphatic carbocycles. The van der Waals surface area contributed by atoms with Crippen molar-refractivity contribution in [1.82, 2.24) is 19.9 Å². The van der Waals surface area contributed by atoms with Crippen LogP contribution in [0, 0.1) is 12.3 Å². The maximum absolute atomic E-state index is 12.5. The summed E-state index contributed by atoms with van der Waals surface area (Å²) >= 11 is 0. The van der Waals surface area contributed by atoms with E-state index in [4.69, 9.17) is 9.57 Å². The zero-order valence-electron chi connectivity index (χ0n) is 19.1. The monoisotopic (exact) mass is 438 g/mol. The van der Waals surface area contributed by atoms with Crippen molar-refractivity contribution in [3.8, 4) is 11.1 Å². The topological polar surface area (TPSA) is 113 Å². The van der Waals surface area contributed by atoms with Crippen LogP contribution in [-0.4, -0.2) is 37.6 Å². The van der Waals surface area contributed by atoms with Crippen LogP contribution in [-0.2, 0) is 20.9 Å². The smallest absolute Gasteiger partial charge is 0.335 e. The van der Waals surface area contributed by atoms with E-state index in [1.807, 2.05) is 20.8 Å². The molecule has 0 saturated heterocycles. The number of fused-ring (bicyclic) bond motifs is 1. The van der Waals surface area contributed by atoms with Crippen molar-refractivity contribution in [3.63, 3.8) is 0 Å². The van der Waals surface area contributed by atoms with Crippen LogP contribution in [0.1, 0.15) is 62.9 Å². The normalized spacial score (nSPS) is 11.4. The Labute approximate surface area is 185 Å². The fourth-order valence-corrected chi connectivity index (χ4v) is 3.18. The number of rotatable bonds is 6. The lowest BCUT2D eigenvalue weighted by molar-refractivity contribution is -0.147. The molecule has 9 heteroatoms. The number of benzene rings is 1. The van der Waals surface area contributed by atoms with Crippen LogP contribution < -0.4 is 4.84 Å². The Morgan fingerprint density at radius 3 is 2.25 bits per heavy atom. The summed E-state index contributed by atoms with van der Waals surface area (Å²) in [4.78, 5) is 51.3. The molecule has 3 aromatic rings. The van der Waals surface area contributed by atoms with Gasteiger partial charge in [-0.15, -0.1) is 5.10 Å². The lowest BCUT2D eigenvalue weighted by Gasteiger charge is -2.16. The molecule has 0 N–H and O–H groups in total.